The molecule has 2 heteroatoms. The summed E-state index contributed by atoms with van der Waals surface area (Å²) in [7, 11) is 0. The first kappa shape index (κ1) is 8.41. The van der Waals surface area contributed by atoms with E-state index in [0.29, 0.717) is 5.25 Å². The summed E-state index contributed by atoms with van der Waals surface area (Å²) < 4.78 is 0. The molecule has 1 fully saturated rings. The van der Waals surface area contributed by atoms with Crippen LogP contribution in [0.25, 0.3) is 0 Å². The lowest BCUT2D eigenvalue weighted by molar-refractivity contribution is 0.147. The van der Waals surface area contributed by atoms with Crippen LogP contribution in [0.4, 0.5) is 0 Å². The van der Waals surface area contributed by atoms with Crippen molar-refractivity contribution in [2.45, 2.75) is 44.0 Å². The van der Waals surface area contributed by atoms with Gasteiger partial charge >= 0.3 is 0 Å². The fraction of sp³-hybridized carbons (Fsp3) is 1.00. The highest BCUT2D eigenvalue weighted by Gasteiger charge is 2.39. The molecule has 0 amide bonds. The molecule has 1 aliphatic rings. The molecule has 0 heterocycles. The van der Waals surface area contributed by atoms with Crippen LogP contribution < -0.4 is 0 Å². The Kier molecular flexibility index (Phi) is 2.64. The maximum atomic E-state index is 9.43. The van der Waals surface area contributed by atoms with Crippen molar-refractivity contribution in [3.63, 3.8) is 0 Å². The minimum absolute atomic E-state index is 0.234. The molecule has 0 saturated heterocycles. The first-order chi connectivity index (χ1) is 4.62. The molecule has 1 nitrogen and oxygen atoms in total. The molecule has 0 radical (unpaired) electrons. The number of aliphatic hydroxyl groups is 1. The maximum absolute atomic E-state index is 9.43. The van der Waals surface area contributed by atoms with E-state index in [9.17, 15) is 5.11 Å². The van der Waals surface area contributed by atoms with Gasteiger partial charge in [0, 0.05) is 0 Å². The normalized spacial score (nSPS) is 21.6. The van der Waals surface area contributed by atoms with Crippen molar-refractivity contribution in [3.05, 3.63) is 0 Å². The van der Waals surface area contributed by atoms with Crippen molar-refractivity contribution < 1.29 is 5.11 Å². The van der Waals surface area contributed by atoms with Crippen molar-refractivity contribution in [1.29, 1.82) is 0 Å². The molecule has 0 aliphatic heterocycles. The minimum Gasteiger partial charge on any atom is -0.390 e. The summed E-state index contributed by atoms with van der Waals surface area (Å²) in [5.74, 6) is 1.12. The lowest BCUT2D eigenvalue weighted by Gasteiger charge is -2.07. The highest BCUT2D eigenvalue weighted by Crippen LogP contribution is 2.39. The predicted molar refractivity (Wildman–Crippen MR) is 46.4 cm³/mol. The zero-order chi connectivity index (χ0) is 7.61. The van der Waals surface area contributed by atoms with Crippen LogP contribution in [0.2, 0.25) is 0 Å². The van der Waals surface area contributed by atoms with Crippen molar-refractivity contribution in [3.8, 4) is 0 Å². The van der Waals surface area contributed by atoms with E-state index in [4.69, 9.17) is 0 Å². The Morgan fingerprint density at radius 2 is 2.10 bits per heavy atom. The summed E-state index contributed by atoms with van der Waals surface area (Å²) in [6.45, 7) is 4.39. The summed E-state index contributed by atoms with van der Waals surface area (Å²) in [6.07, 6.45) is 3.06. The van der Waals surface area contributed by atoms with Crippen LogP contribution in [0.5, 0.6) is 0 Å². The van der Waals surface area contributed by atoms with Gasteiger partial charge in [-0.1, -0.05) is 13.8 Å². The van der Waals surface area contributed by atoms with Crippen LogP contribution in [0.1, 0.15) is 33.1 Å². The van der Waals surface area contributed by atoms with Gasteiger partial charge in [-0.3, -0.25) is 0 Å². The lowest BCUT2D eigenvalue weighted by Crippen LogP contribution is -2.08. The summed E-state index contributed by atoms with van der Waals surface area (Å²) in [4.78, 5) is 0. The summed E-state index contributed by atoms with van der Waals surface area (Å²) in [5.41, 5.74) is -0.234. The first-order valence-electron chi connectivity index (χ1n) is 3.96. The second-order valence-electron chi connectivity index (χ2n) is 3.39. The SMILES string of the molecule is CC(C)SCCC1(O)CC1. The number of rotatable bonds is 4. The second-order valence-corrected chi connectivity index (χ2v) is 5.08. The quantitative estimate of drug-likeness (QED) is 0.679. The van der Waals surface area contributed by atoms with Crippen LogP contribution in [-0.4, -0.2) is 21.7 Å². The molecule has 0 aromatic heterocycles. The standard InChI is InChI=1S/C8H16OS/c1-7(2)10-6-5-8(9)3-4-8/h7,9H,3-6H2,1-2H3. The number of thioether (sulfide) groups is 1. The van der Waals surface area contributed by atoms with Gasteiger partial charge in [-0.15, -0.1) is 0 Å². The van der Waals surface area contributed by atoms with Gasteiger partial charge in [-0.05, 0) is 30.3 Å². The summed E-state index contributed by atoms with van der Waals surface area (Å²) >= 11 is 1.94. The molecule has 1 saturated carbocycles. The smallest absolute Gasteiger partial charge is 0.0657 e. The Morgan fingerprint density at radius 3 is 2.50 bits per heavy atom. The molecule has 1 aliphatic carbocycles. The van der Waals surface area contributed by atoms with Crippen molar-refractivity contribution in [1.82, 2.24) is 0 Å². The molecule has 0 atom stereocenters. The zero-order valence-corrected chi connectivity index (χ0v) is 7.58. The summed E-state index contributed by atoms with van der Waals surface area (Å²) in [5, 5.41) is 10.1. The highest BCUT2D eigenvalue weighted by molar-refractivity contribution is 7.99. The fourth-order valence-corrected chi connectivity index (χ4v) is 1.85. The first-order valence-corrected chi connectivity index (χ1v) is 5.01. The third-order valence-electron chi connectivity index (χ3n) is 1.85. The van der Waals surface area contributed by atoms with Crippen LogP contribution in [0.3, 0.4) is 0 Å². The molecule has 10 heavy (non-hydrogen) atoms. The zero-order valence-electron chi connectivity index (χ0n) is 6.76. The van der Waals surface area contributed by atoms with Gasteiger partial charge in [0.1, 0.15) is 0 Å². The van der Waals surface area contributed by atoms with Gasteiger partial charge in [-0.2, -0.15) is 11.8 Å². The van der Waals surface area contributed by atoms with Gasteiger partial charge in [0.15, 0.2) is 0 Å². The third kappa shape index (κ3) is 2.93. The van der Waals surface area contributed by atoms with Crippen molar-refractivity contribution in [2.75, 3.05) is 5.75 Å². The van der Waals surface area contributed by atoms with E-state index in [-0.39, 0.29) is 5.60 Å². The molecular formula is C8H16OS. The topological polar surface area (TPSA) is 20.2 Å². The van der Waals surface area contributed by atoms with E-state index in [2.05, 4.69) is 13.8 Å². The molecule has 1 N–H and O–H groups in total. The van der Waals surface area contributed by atoms with Crippen molar-refractivity contribution >= 4 is 11.8 Å². The van der Waals surface area contributed by atoms with Gasteiger partial charge in [-0.25, -0.2) is 0 Å². The molecule has 0 aromatic carbocycles. The minimum atomic E-state index is -0.234. The van der Waals surface area contributed by atoms with E-state index >= 15 is 0 Å². The number of hydrogen-bond donors (Lipinski definition) is 1. The number of hydrogen-bond acceptors (Lipinski definition) is 2. The molecular weight excluding hydrogens is 144 g/mol. The lowest BCUT2D eigenvalue weighted by atomic mass is 10.3. The average molecular weight is 160 g/mol. The Balaban J connectivity index is 1.95. The Hall–Kier alpha value is 0.310. The molecule has 0 bridgehead atoms. The highest BCUT2D eigenvalue weighted by atomic mass is 32.2. The van der Waals surface area contributed by atoms with Crippen LogP contribution in [0, 0.1) is 0 Å². The monoisotopic (exact) mass is 160 g/mol. The van der Waals surface area contributed by atoms with Gasteiger partial charge in [0.05, 0.1) is 5.60 Å². The molecule has 0 spiro atoms. The second kappa shape index (κ2) is 3.14. The Labute approximate surface area is 67.2 Å². The van der Waals surface area contributed by atoms with E-state index in [0.717, 1.165) is 25.0 Å². The van der Waals surface area contributed by atoms with Gasteiger partial charge in [0.2, 0.25) is 0 Å². The molecule has 0 aromatic rings. The molecule has 0 unspecified atom stereocenters. The molecule has 60 valence electrons. The van der Waals surface area contributed by atoms with E-state index in [1.807, 2.05) is 11.8 Å². The van der Waals surface area contributed by atoms with E-state index < -0.39 is 0 Å². The van der Waals surface area contributed by atoms with Gasteiger partial charge < -0.3 is 5.11 Å². The van der Waals surface area contributed by atoms with E-state index in [1.54, 1.807) is 0 Å². The van der Waals surface area contributed by atoms with Gasteiger partial charge in [0.25, 0.3) is 0 Å². The van der Waals surface area contributed by atoms with Crippen molar-refractivity contribution in [2.24, 2.45) is 0 Å². The summed E-state index contributed by atoms with van der Waals surface area (Å²) in [6, 6.07) is 0. The van der Waals surface area contributed by atoms with Crippen LogP contribution >= 0.6 is 11.8 Å². The van der Waals surface area contributed by atoms with E-state index in [1.165, 1.54) is 0 Å². The van der Waals surface area contributed by atoms with Crippen LogP contribution in [0.15, 0.2) is 0 Å². The Bertz CT molecular complexity index is 108. The third-order valence-corrected chi connectivity index (χ3v) is 2.95. The molecule has 1 rings (SSSR count). The largest absolute Gasteiger partial charge is 0.390 e. The fourth-order valence-electron chi connectivity index (χ4n) is 0.879. The predicted octanol–water partition coefficient (Wildman–Crippen LogP) is 2.04. The maximum Gasteiger partial charge on any atom is 0.0657 e. The van der Waals surface area contributed by atoms with Crippen LogP contribution in [-0.2, 0) is 0 Å². The Morgan fingerprint density at radius 1 is 1.50 bits per heavy atom. The average Bonchev–Trinajstić information content (AvgIpc) is 2.47.